The van der Waals surface area contributed by atoms with Crippen LogP contribution in [0.2, 0.25) is 10.0 Å². The molecule has 0 radical (unpaired) electrons. The Morgan fingerprint density at radius 2 is 2.25 bits per heavy atom. The third kappa shape index (κ3) is 6.52. The summed E-state index contributed by atoms with van der Waals surface area (Å²) in [5, 5.41) is 8.44. The van der Waals surface area contributed by atoms with Gasteiger partial charge in [0.2, 0.25) is 0 Å². The number of hydrazone groups is 1. The Labute approximate surface area is 134 Å². The Hall–Kier alpha value is -0.880. The zero-order valence-electron chi connectivity index (χ0n) is 11.2. The predicted octanol–water partition coefficient (Wildman–Crippen LogP) is 3.22. The van der Waals surface area contributed by atoms with Crippen LogP contribution in [-0.2, 0) is 4.74 Å². The van der Waals surface area contributed by atoms with E-state index in [9.17, 15) is 0 Å². The zero-order chi connectivity index (χ0) is 14.8. The minimum absolute atomic E-state index is 0.455. The average Bonchev–Trinajstić information content (AvgIpc) is 2.43. The van der Waals surface area contributed by atoms with E-state index in [1.807, 2.05) is 13.0 Å². The molecule has 1 aromatic rings. The van der Waals surface area contributed by atoms with E-state index in [0.29, 0.717) is 21.8 Å². The van der Waals surface area contributed by atoms with Gasteiger partial charge in [-0.25, -0.2) is 0 Å². The molecule has 0 atom stereocenters. The van der Waals surface area contributed by atoms with Crippen molar-refractivity contribution in [1.82, 2.24) is 10.7 Å². The lowest BCUT2D eigenvalue weighted by atomic mass is 10.2. The number of thiocarbonyl (C=S) groups is 1. The maximum Gasteiger partial charge on any atom is 0.186 e. The van der Waals surface area contributed by atoms with Crippen molar-refractivity contribution >= 4 is 46.7 Å². The highest BCUT2D eigenvalue weighted by molar-refractivity contribution is 7.80. The van der Waals surface area contributed by atoms with E-state index in [1.165, 1.54) is 0 Å². The molecule has 0 aromatic heterocycles. The summed E-state index contributed by atoms with van der Waals surface area (Å²) < 4.78 is 5.22. The number of hydrogen-bond donors (Lipinski definition) is 2. The van der Waals surface area contributed by atoms with Crippen molar-refractivity contribution in [1.29, 1.82) is 0 Å². The largest absolute Gasteiger partial charge is 0.382 e. The summed E-state index contributed by atoms with van der Waals surface area (Å²) >= 11 is 17.0. The van der Waals surface area contributed by atoms with Gasteiger partial charge in [0.25, 0.3) is 0 Å². The third-order valence-corrected chi connectivity index (χ3v) is 3.38. The fourth-order valence-corrected chi connectivity index (χ4v) is 1.85. The molecule has 20 heavy (non-hydrogen) atoms. The number of nitrogens with one attached hydrogen (secondary N) is 2. The Balaban J connectivity index is 2.30. The SMILES string of the molecule is CCOCCCNC(=S)N/N=C\c1cccc(Cl)c1Cl. The van der Waals surface area contributed by atoms with E-state index in [1.54, 1.807) is 18.3 Å². The van der Waals surface area contributed by atoms with Gasteiger partial charge < -0.3 is 10.1 Å². The molecule has 0 saturated carbocycles. The lowest BCUT2D eigenvalue weighted by molar-refractivity contribution is 0.145. The number of ether oxygens (including phenoxy) is 1. The van der Waals surface area contributed by atoms with Crippen molar-refractivity contribution < 1.29 is 4.74 Å². The lowest BCUT2D eigenvalue weighted by Gasteiger charge is -2.06. The van der Waals surface area contributed by atoms with E-state index in [-0.39, 0.29) is 0 Å². The maximum absolute atomic E-state index is 6.03. The molecule has 4 nitrogen and oxygen atoms in total. The van der Waals surface area contributed by atoms with Gasteiger partial charge >= 0.3 is 0 Å². The monoisotopic (exact) mass is 333 g/mol. The first-order chi connectivity index (χ1) is 9.65. The summed E-state index contributed by atoms with van der Waals surface area (Å²) in [6.07, 6.45) is 2.46. The molecule has 0 aliphatic rings. The zero-order valence-corrected chi connectivity index (χ0v) is 13.5. The second kappa shape index (κ2) is 9.94. The number of benzene rings is 1. The smallest absolute Gasteiger partial charge is 0.186 e. The highest BCUT2D eigenvalue weighted by Gasteiger charge is 2.01. The van der Waals surface area contributed by atoms with Crippen LogP contribution in [0.4, 0.5) is 0 Å². The van der Waals surface area contributed by atoms with Crippen LogP contribution in [0.15, 0.2) is 23.3 Å². The molecule has 0 bridgehead atoms. The summed E-state index contributed by atoms with van der Waals surface area (Å²) in [7, 11) is 0. The average molecular weight is 334 g/mol. The van der Waals surface area contributed by atoms with Crippen LogP contribution in [0.5, 0.6) is 0 Å². The van der Waals surface area contributed by atoms with Gasteiger partial charge in [-0.3, -0.25) is 5.43 Å². The van der Waals surface area contributed by atoms with Gasteiger partial charge in [-0.05, 0) is 31.6 Å². The van der Waals surface area contributed by atoms with Crippen LogP contribution < -0.4 is 10.7 Å². The molecular formula is C13H17Cl2N3OS. The van der Waals surface area contributed by atoms with Gasteiger partial charge in [-0.1, -0.05) is 35.3 Å². The van der Waals surface area contributed by atoms with Crippen LogP contribution in [0.1, 0.15) is 18.9 Å². The number of halogens is 2. The molecule has 0 aliphatic heterocycles. The summed E-state index contributed by atoms with van der Waals surface area (Å²) in [5.41, 5.74) is 3.44. The molecular weight excluding hydrogens is 317 g/mol. The summed E-state index contributed by atoms with van der Waals surface area (Å²) in [5.74, 6) is 0. The van der Waals surface area contributed by atoms with Crippen molar-refractivity contribution in [2.75, 3.05) is 19.8 Å². The fraction of sp³-hybridized carbons (Fsp3) is 0.385. The Bertz CT molecular complexity index is 469. The van der Waals surface area contributed by atoms with Crippen LogP contribution in [0.3, 0.4) is 0 Å². The number of rotatable bonds is 7. The fourth-order valence-electron chi connectivity index (χ4n) is 1.34. The van der Waals surface area contributed by atoms with E-state index >= 15 is 0 Å². The lowest BCUT2D eigenvalue weighted by Crippen LogP contribution is -2.33. The van der Waals surface area contributed by atoms with Gasteiger partial charge in [0, 0.05) is 25.3 Å². The number of nitrogens with zero attached hydrogens (tertiary/aromatic N) is 1. The van der Waals surface area contributed by atoms with Crippen LogP contribution in [-0.4, -0.2) is 31.1 Å². The second-order valence-electron chi connectivity index (χ2n) is 3.82. The van der Waals surface area contributed by atoms with Gasteiger partial charge in [0.1, 0.15) is 0 Å². The van der Waals surface area contributed by atoms with Gasteiger partial charge in [0.15, 0.2) is 5.11 Å². The second-order valence-corrected chi connectivity index (χ2v) is 5.01. The molecule has 2 N–H and O–H groups in total. The Morgan fingerprint density at radius 1 is 1.45 bits per heavy atom. The Kier molecular flexibility index (Phi) is 8.53. The highest BCUT2D eigenvalue weighted by atomic mass is 35.5. The Morgan fingerprint density at radius 3 is 3.00 bits per heavy atom. The molecule has 0 heterocycles. The molecule has 0 unspecified atom stereocenters. The standard InChI is InChI=1S/C13H17Cl2N3OS/c1-2-19-8-4-7-16-13(20)18-17-9-10-5-3-6-11(14)12(10)15/h3,5-6,9H,2,4,7-8H2,1H3,(H2,16,18,20)/b17-9-. The van der Waals surface area contributed by atoms with Gasteiger partial charge in [-0.15, -0.1) is 0 Å². The third-order valence-electron chi connectivity index (χ3n) is 2.31. The van der Waals surface area contributed by atoms with Crippen LogP contribution in [0.25, 0.3) is 0 Å². The van der Waals surface area contributed by atoms with Crippen LogP contribution >= 0.6 is 35.4 Å². The first-order valence-corrected chi connectivity index (χ1v) is 7.40. The molecule has 1 aromatic carbocycles. The first-order valence-electron chi connectivity index (χ1n) is 6.23. The molecule has 7 heteroatoms. The van der Waals surface area contributed by atoms with Gasteiger partial charge in [0.05, 0.1) is 16.3 Å². The predicted molar refractivity (Wildman–Crippen MR) is 88.9 cm³/mol. The van der Waals surface area contributed by atoms with Gasteiger partial charge in [-0.2, -0.15) is 5.10 Å². The van der Waals surface area contributed by atoms with E-state index < -0.39 is 0 Å². The van der Waals surface area contributed by atoms with E-state index in [2.05, 4.69) is 15.8 Å². The maximum atomic E-state index is 6.03. The summed E-state index contributed by atoms with van der Waals surface area (Å²) in [6, 6.07) is 5.34. The minimum Gasteiger partial charge on any atom is -0.382 e. The topological polar surface area (TPSA) is 45.6 Å². The van der Waals surface area contributed by atoms with E-state index in [4.69, 9.17) is 40.2 Å². The van der Waals surface area contributed by atoms with E-state index in [0.717, 1.165) is 25.1 Å². The van der Waals surface area contributed by atoms with Crippen molar-refractivity contribution in [2.45, 2.75) is 13.3 Å². The minimum atomic E-state index is 0.455. The molecule has 110 valence electrons. The van der Waals surface area contributed by atoms with Crippen molar-refractivity contribution in [3.63, 3.8) is 0 Å². The number of hydrogen-bond acceptors (Lipinski definition) is 3. The highest BCUT2D eigenvalue weighted by Crippen LogP contribution is 2.23. The van der Waals surface area contributed by atoms with Crippen LogP contribution in [0, 0.1) is 0 Å². The summed E-state index contributed by atoms with van der Waals surface area (Å²) in [6.45, 7) is 4.15. The quantitative estimate of drug-likeness (QED) is 0.348. The van der Waals surface area contributed by atoms with Crippen molar-refractivity contribution in [2.24, 2.45) is 5.10 Å². The molecule has 0 fully saturated rings. The molecule has 0 amide bonds. The molecule has 0 aliphatic carbocycles. The molecule has 0 saturated heterocycles. The normalized spacial score (nSPS) is 10.8. The summed E-state index contributed by atoms with van der Waals surface area (Å²) in [4.78, 5) is 0. The van der Waals surface area contributed by atoms with Crippen molar-refractivity contribution in [3.8, 4) is 0 Å². The van der Waals surface area contributed by atoms with Crippen molar-refractivity contribution in [3.05, 3.63) is 33.8 Å². The first kappa shape index (κ1) is 17.2. The molecule has 0 spiro atoms. The molecule has 1 rings (SSSR count).